The van der Waals surface area contributed by atoms with Crippen LogP contribution in [0, 0.1) is 5.92 Å². The molecule has 1 aliphatic carbocycles. The van der Waals surface area contributed by atoms with Gasteiger partial charge in [-0.1, -0.05) is 24.2 Å². The highest BCUT2D eigenvalue weighted by Crippen LogP contribution is 2.33. The third-order valence-corrected chi connectivity index (χ3v) is 4.38. The number of carbonyl (C=O) groups excluding carboxylic acids is 1. The van der Waals surface area contributed by atoms with Crippen molar-refractivity contribution in [3.05, 3.63) is 5.51 Å². The summed E-state index contributed by atoms with van der Waals surface area (Å²) in [5.74, 6) is 0.727. The molecule has 2 fully saturated rings. The molecule has 17 heavy (non-hydrogen) atoms. The van der Waals surface area contributed by atoms with Crippen LogP contribution in [0.5, 0.6) is 0 Å². The largest absolute Gasteiger partial charge is 0.303 e. The Morgan fingerprint density at radius 2 is 2.35 bits per heavy atom. The summed E-state index contributed by atoms with van der Waals surface area (Å²) >= 11 is 1.35. The van der Waals surface area contributed by atoms with Gasteiger partial charge in [-0.2, -0.15) is 0 Å². The number of hydrogen-bond donors (Lipinski definition) is 2. The predicted octanol–water partition coefficient (Wildman–Crippen LogP) is 1.40. The first-order valence-electron chi connectivity index (χ1n) is 6.16. The molecule has 2 N–H and O–H groups in total. The van der Waals surface area contributed by atoms with E-state index in [2.05, 4.69) is 20.8 Å². The van der Waals surface area contributed by atoms with Crippen LogP contribution >= 0.6 is 11.3 Å². The van der Waals surface area contributed by atoms with E-state index in [0.29, 0.717) is 17.1 Å². The Hall–Kier alpha value is -1.01. The van der Waals surface area contributed by atoms with Crippen molar-refractivity contribution in [3.8, 4) is 0 Å². The predicted molar refractivity (Wildman–Crippen MR) is 65.8 cm³/mol. The highest BCUT2D eigenvalue weighted by Gasteiger charge is 2.38. The quantitative estimate of drug-likeness (QED) is 0.835. The van der Waals surface area contributed by atoms with Gasteiger partial charge in [0.05, 0.1) is 6.04 Å². The fourth-order valence-electron chi connectivity index (χ4n) is 2.94. The van der Waals surface area contributed by atoms with Crippen LogP contribution in [-0.2, 0) is 4.79 Å². The second kappa shape index (κ2) is 4.70. The smallest absolute Gasteiger partial charge is 0.243 e. The van der Waals surface area contributed by atoms with Crippen LogP contribution in [0.1, 0.15) is 32.1 Å². The first kappa shape index (κ1) is 11.1. The number of fused-ring (bicyclic) bond motifs is 1. The van der Waals surface area contributed by atoms with Gasteiger partial charge in [-0.3, -0.25) is 10.1 Å². The number of anilines is 1. The van der Waals surface area contributed by atoms with Gasteiger partial charge in [0.15, 0.2) is 0 Å². The van der Waals surface area contributed by atoms with Gasteiger partial charge < -0.3 is 5.32 Å². The van der Waals surface area contributed by atoms with E-state index in [1.54, 1.807) is 5.51 Å². The van der Waals surface area contributed by atoms with Crippen molar-refractivity contribution >= 4 is 22.4 Å². The Bertz CT molecular complexity index is 380. The molecule has 0 aromatic carbocycles. The van der Waals surface area contributed by atoms with Crippen LogP contribution in [0.3, 0.4) is 0 Å². The Kier molecular flexibility index (Phi) is 3.07. The molecular formula is C11H16N4OS. The molecule has 5 nitrogen and oxygen atoms in total. The first-order chi connectivity index (χ1) is 8.33. The molecule has 2 heterocycles. The minimum absolute atomic E-state index is 0.0381. The third kappa shape index (κ3) is 2.32. The van der Waals surface area contributed by atoms with Crippen molar-refractivity contribution in [1.82, 2.24) is 15.5 Å². The minimum atomic E-state index is -0.0491. The van der Waals surface area contributed by atoms with E-state index in [4.69, 9.17) is 0 Å². The molecule has 1 aliphatic heterocycles. The SMILES string of the molecule is O=C(Nc1nncs1)C1CC2CCCCC2N1. The van der Waals surface area contributed by atoms with Crippen LogP contribution in [0.25, 0.3) is 0 Å². The molecule has 1 aromatic rings. The molecule has 0 radical (unpaired) electrons. The molecule has 0 bridgehead atoms. The van der Waals surface area contributed by atoms with Crippen molar-refractivity contribution in [2.24, 2.45) is 5.92 Å². The summed E-state index contributed by atoms with van der Waals surface area (Å²) in [4.78, 5) is 12.0. The van der Waals surface area contributed by atoms with Gasteiger partial charge in [0.25, 0.3) is 0 Å². The summed E-state index contributed by atoms with van der Waals surface area (Å²) < 4.78 is 0. The number of amides is 1. The summed E-state index contributed by atoms with van der Waals surface area (Å²) in [7, 11) is 0. The van der Waals surface area contributed by atoms with Gasteiger partial charge in [0, 0.05) is 6.04 Å². The number of rotatable bonds is 2. The molecule has 92 valence electrons. The van der Waals surface area contributed by atoms with Gasteiger partial charge in [0.1, 0.15) is 5.51 Å². The Morgan fingerprint density at radius 3 is 3.12 bits per heavy atom. The molecule has 3 rings (SSSR count). The maximum atomic E-state index is 12.0. The van der Waals surface area contributed by atoms with E-state index >= 15 is 0 Å². The topological polar surface area (TPSA) is 66.9 Å². The van der Waals surface area contributed by atoms with Crippen molar-refractivity contribution in [1.29, 1.82) is 0 Å². The maximum absolute atomic E-state index is 12.0. The fourth-order valence-corrected chi connectivity index (χ4v) is 3.39. The van der Waals surface area contributed by atoms with E-state index in [9.17, 15) is 4.79 Å². The zero-order chi connectivity index (χ0) is 11.7. The van der Waals surface area contributed by atoms with Crippen molar-refractivity contribution in [2.45, 2.75) is 44.2 Å². The second-order valence-electron chi connectivity index (χ2n) is 4.84. The van der Waals surface area contributed by atoms with Crippen LogP contribution in [0.4, 0.5) is 5.13 Å². The number of nitrogens with zero attached hydrogens (tertiary/aromatic N) is 2. The van der Waals surface area contributed by atoms with Crippen molar-refractivity contribution in [2.75, 3.05) is 5.32 Å². The average Bonchev–Trinajstić information content (AvgIpc) is 2.96. The molecule has 3 unspecified atom stereocenters. The lowest BCUT2D eigenvalue weighted by molar-refractivity contribution is -0.117. The highest BCUT2D eigenvalue weighted by molar-refractivity contribution is 7.13. The summed E-state index contributed by atoms with van der Waals surface area (Å²) in [5, 5.41) is 14.4. The molecule has 0 spiro atoms. The monoisotopic (exact) mass is 252 g/mol. The Labute approximate surface area is 104 Å². The van der Waals surface area contributed by atoms with E-state index < -0.39 is 0 Å². The van der Waals surface area contributed by atoms with E-state index in [1.807, 2.05) is 0 Å². The first-order valence-corrected chi connectivity index (χ1v) is 7.04. The summed E-state index contributed by atoms with van der Waals surface area (Å²) in [6.45, 7) is 0. The molecule has 3 atom stereocenters. The molecular weight excluding hydrogens is 236 g/mol. The Morgan fingerprint density at radius 1 is 1.47 bits per heavy atom. The van der Waals surface area contributed by atoms with Crippen LogP contribution < -0.4 is 10.6 Å². The van der Waals surface area contributed by atoms with Gasteiger partial charge in [-0.15, -0.1) is 10.2 Å². The zero-order valence-corrected chi connectivity index (χ0v) is 10.4. The van der Waals surface area contributed by atoms with Crippen molar-refractivity contribution in [3.63, 3.8) is 0 Å². The molecule has 1 saturated carbocycles. The molecule has 6 heteroatoms. The third-order valence-electron chi connectivity index (χ3n) is 3.77. The normalized spacial score (nSPS) is 32.1. The van der Waals surface area contributed by atoms with Crippen molar-refractivity contribution < 1.29 is 4.79 Å². The minimum Gasteiger partial charge on any atom is -0.303 e. The van der Waals surface area contributed by atoms with Gasteiger partial charge in [-0.05, 0) is 25.2 Å². The average molecular weight is 252 g/mol. The number of aromatic nitrogens is 2. The van der Waals surface area contributed by atoms with Crippen LogP contribution in [0.15, 0.2) is 5.51 Å². The van der Waals surface area contributed by atoms with Gasteiger partial charge in [0.2, 0.25) is 11.0 Å². The second-order valence-corrected chi connectivity index (χ2v) is 5.67. The molecule has 1 saturated heterocycles. The van der Waals surface area contributed by atoms with Gasteiger partial charge in [-0.25, -0.2) is 0 Å². The fraction of sp³-hybridized carbons (Fsp3) is 0.727. The summed E-state index contributed by atoms with van der Waals surface area (Å²) in [6.07, 6.45) is 6.05. The standard InChI is InChI=1S/C11H16N4OS/c16-10(14-11-15-12-6-17-11)9-5-7-3-1-2-4-8(7)13-9/h6-9,13H,1-5H2,(H,14,15,16). The molecule has 2 aliphatic rings. The highest BCUT2D eigenvalue weighted by atomic mass is 32.1. The van der Waals surface area contributed by atoms with E-state index in [-0.39, 0.29) is 11.9 Å². The van der Waals surface area contributed by atoms with E-state index in [0.717, 1.165) is 6.42 Å². The van der Waals surface area contributed by atoms with Crippen LogP contribution in [0.2, 0.25) is 0 Å². The number of nitrogens with one attached hydrogen (secondary N) is 2. The Balaban J connectivity index is 1.60. The molecule has 1 amide bonds. The molecule has 1 aromatic heterocycles. The zero-order valence-electron chi connectivity index (χ0n) is 9.56. The lowest BCUT2D eigenvalue weighted by atomic mass is 9.85. The number of hydrogen-bond acceptors (Lipinski definition) is 5. The van der Waals surface area contributed by atoms with E-state index in [1.165, 1.54) is 37.0 Å². The summed E-state index contributed by atoms with van der Waals surface area (Å²) in [5.41, 5.74) is 1.62. The summed E-state index contributed by atoms with van der Waals surface area (Å²) in [6, 6.07) is 0.501. The maximum Gasteiger partial charge on any atom is 0.243 e. The number of carbonyl (C=O) groups is 1. The lowest BCUT2D eigenvalue weighted by Gasteiger charge is -2.24. The lowest BCUT2D eigenvalue weighted by Crippen LogP contribution is -2.39. The van der Waals surface area contributed by atoms with Crippen LogP contribution in [-0.4, -0.2) is 28.2 Å². The van der Waals surface area contributed by atoms with Gasteiger partial charge >= 0.3 is 0 Å².